The van der Waals surface area contributed by atoms with Crippen molar-refractivity contribution in [3.8, 4) is 22.1 Å². The maximum absolute atomic E-state index is 6.06. The number of aromatic nitrogens is 4. The molecular formula is C16H13N5OS. The van der Waals surface area contributed by atoms with E-state index in [0.29, 0.717) is 17.2 Å². The molecule has 0 bridgehead atoms. The van der Waals surface area contributed by atoms with Crippen LogP contribution in [0.1, 0.15) is 0 Å². The first kappa shape index (κ1) is 13.7. The number of anilines is 1. The highest BCUT2D eigenvalue weighted by molar-refractivity contribution is 7.13. The summed E-state index contributed by atoms with van der Waals surface area (Å²) in [5, 5.41) is 6.48. The zero-order chi connectivity index (χ0) is 15.8. The van der Waals surface area contributed by atoms with Crippen molar-refractivity contribution >= 4 is 28.2 Å². The molecule has 0 fully saturated rings. The summed E-state index contributed by atoms with van der Waals surface area (Å²) in [4.78, 5) is 9.91. The lowest BCUT2D eigenvalue weighted by atomic mass is 10.3. The molecule has 0 aliphatic rings. The summed E-state index contributed by atoms with van der Waals surface area (Å²) in [6.45, 7) is 0. The van der Waals surface area contributed by atoms with Gasteiger partial charge in [0.15, 0.2) is 17.2 Å². The van der Waals surface area contributed by atoms with Crippen LogP contribution in [0.3, 0.4) is 0 Å². The average molecular weight is 323 g/mol. The lowest BCUT2D eigenvalue weighted by Crippen LogP contribution is -1.97. The van der Waals surface area contributed by atoms with Gasteiger partial charge in [-0.15, -0.1) is 11.3 Å². The van der Waals surface area contributed by atoms with Crippen molar-refractivity contribution in [3.05, 3.63) is 48.0 Å². The molecule has 0 atom stereocenters. The Kier molecular flexibility index (Phi) is 3.20. The lowest BCUT2D eigenvalue weighted by molar-refractivity contribution is 0.414. The quantitative estimate of drug-likeness (QED) is 0.626. The second-order valence-corrected chi connectivity index (χ2v) is 5.86. The third kappa shape index (κ3) is 2.40. The number of benzene rings is 1. The number of nitrogens with two attached hydrogens (primary N) is 1. The number of nitrogens with zero attached hydrogens (tertiary/aromatic N) is 4. The maximum Gasteiger partial charge on any atom is 0.172 e. The van der Waals surface area contributed by atoms with Crippen LogP contribution in [-0.4, -0.2) is 26.9 Å². The Labute approximate surface area is 136 Å². The van der Waals surface area contributed by atoms with Crippen molar-refractivity contribution < 1.29 is 4.74 Å². The minimum absolute atomic E-state index is 0.380. The average Bonchev–Trinajstić information content (AvgIpc) is 3.24. The van der Waals surface area contributed by atoms with E-state index in [1.54, 1.807) is 23.1 Å². The molecule has 4 rings (SSSR count). The minimum Gasteiger partial charge on any atom is -0.497 e. The lowest BCUT2D eigenvalue weighted by Gasteiger charge is -2.02. The van der Waals surface area contributed by atoms with E-state index in [1.165, 1.54) is 0 Å². The summed E-state index contributed by atoms with van der Waals surface area (Å²) in [5.74, 6) is 1.80. The van der Waals surface area contributed by atoms with E-state index in [0.717, 1.165) is 21.8 Å². The van der Waals surface area contributed by atoms with Gasteiger partial charge in [0.05, 0.1) is 23.9 Å². The van der Waals surface area contributed by atoms with E-state index in [1.807, 2.05) is 48.0 Å². The molecule has 0 unspecified atom stereocenters. The van der Waals surface area contributed by atoms with Gasteiger partial charge >= 0.3 is 0 Å². The van der Waals surface area contributed by atoms with E-state index >= 15 is 0 Å². The Morgan fingerprint density at radius 2 is 1.96 bits per heavy atom. The Hall–Kier alpha value is -2.93. The molecule has 1 aromatic carbocycles. The zero-order valence-electron chi connectivity index (χ0n) is 12.3. The van der Waals surface area contributed by atoms with Gasteiger partial charge in [-0.05, 0) is 35.7 Å². The highest BCUT2D eigenvalue weighted by atomic mass is 32.1. The van der Waals surface area contributed by atoms with Gasteiger partial charge in [-0.2, -0.15) is 5.10 Å². The molecule has 6 nitrogen and oxygen atoms in total. The van der Waals surface area contributed by atoms with Crippen LogP contribution in [0.5, 0.6) is 5.75 Å². The Morgan fingerprint density at radius 1 is 1.13 bits per heavy atom. The van der Waals surface area contributed by atoms with Crippen LogP contribution in [0.2, 0.25) is 0 Å². The third-order valence-corrected chi connectivity index (χ3v) is 4.33. The van der Waals surface area contributed by atoms with Gasteiger partial charge in [0, 0.05) is 0 Å². The molecule has 2 N–H and O–H groups in total. The first-order valence-corrected chi connectivity index (χ1v) is 7.84. The molecule has 23 heavy (non-hydrogen) atoms. The normalized spacial score (nSPS) is 11.0. The van der Waals surface area contributed by atoms with Crippen molar-refractivity contribution in [3.63, 3.8) is 0 Å². The fourth-order valence-electron chi connectivity index (χ4n) is 2.32. The van der Waals surface area contributed by atoms with Gasteiger partial charge < -0.3 is 10.5 Å². The van der Waals surface area contributed by atoms with Crippen LogP contribution in [0.15, 0.2) is 48.0 Å². The number of methoxy groups -OCH3 is 1. The highest BCUT2D eigenvalue weighted by Gasteiger charge is 2.12. The Balaban J connectivity index is 1.82. The molecule has 0 aliphatic carbocycles. The predicted octanol–water partition coefficient (Wildman–Crippen LogP) is 3.13. The van der Waals surface area contributed by atoms with Crippen molar-refractivity contribution in [2.24, 2.45) is 0 Å². The minimum atomic E-state index is 0.380. The van der Waals surface area contributed by atoms with Crippen LogP contribution < -0.4 is 10.5 Å². The number of ether oxygens (including phenoxy) is 1. The van der Waals surface area contributed by atoms with Crippen molar-refractivity contribution in [2.75, 3.05) is 12.8 Å². The van der Waals surface area contributed by atoms with Gasteiger partial charge in [-0.3, -0.25) is 0 Å². The fourth-order valence-corrected chi connectivity index (χ4v) is 2.98. The van der Waals surface area contributed by atoms with Gasteiger partial charge in [-0.25, -0.2) is 14.6 Å². The monoisotopic (exact) mass is 323 g/mol. The largest absolute Gasteiger partial charge is 0.497 e. The third-order valence-electron chi connectivity index (χ3n) is 3.47. The molecule has 0 radical (unpaired) electrons. The van der Waals surface area contributed by atoms with E-state index in [2.05, 4.69) is 15.1 Å². The summed E-state index contributed by atoms with van der Waals surface area (Å²) >= 11 is 1.58. The van der Waals surface area contributed by atoms with E-state index in [9.17, 15) is 0 Å². The summed E-state index contributed by atoms with van der Waals surface area (Å²) < 4.78 is 6.91. The van der Waals surface area contributed by atoms with Crippen molar-refractivity contribution in [1.29, 1.82) is 0 Å². The standard InChI is InChI=1S/C16H13N5OS/c1-22-11-6-4-10(5-7-11)21-9-12-14(20-21)15(17)19-16(18-12)13-3-2-8-23-13/h2-9H,1H3,(H2,17,18,19). The van der Waals surface area contributed by atoms with Crippen LogP contribution in [-0.2, 0) is 0 Å². The molecule has 114 valence electrons. The molecule has 3 heterocycles. The molecular weight excluding hydrogens is 310 g/mol. The maximum atomic E-state index is 6.06. The van der Waals surface area contributed by atoms with Crippen LogP contribution in [0, 0.1) is 0 Å². The second-order valence-electron chi connectivity index (χ2n) is 4.92. The second kappa shape index (κ2) is 5.36. The van der Waals surface area contributed by atoms with Crippen LogP contribution in [0.25, 0.3) is 27.4 Å². The predicted molar refractivity (Wildman–Crippen MR) is 90.9 cm³/mol. The first-order valence-electron chi connectivity index (χ1n) is 6.96. The molecule has 3 aromatic heterocycles. The Morgan fingerprint density at radius 3 is 2.65 bits per heavy atom. The first-order chi connectivity index (χ1) is 11.2. The van der Waals surface area contributed by atoms with E-state index in [4.69, 9.17) is 10.5 Å². The molecule has 0 aliphatic heterocycles. The molecule has 7 heteroatoms. The summed E-state index contributed by atoms with van der Waals surface area (Å²) in [6.07, 6.45) is 1.85. The van der Waals surface area contributed by atoms with Gasteiger partial charge in [0.25, 0.3) is 0 Å². The molecule has 0 saturated carbocycles. The topological polar surface area (TPSA) is 78.8 Å². The van der Waals surface area contributed by atoms with Gasteiger partial charge in [0.1, 0.15) is 11.3 Å². The SMILES string of the molecule is COc1ccc(-n2cc3nc(-c4cccs4)nc(N)c3n2)cc1. The number of nitrogen functional groups attached to an aromatic ring is 1. The fraction of sp³-hybridized carbons (Fsp3) is 0.0625. The smallest absolute Gasteiger partial charge is 0.172 e. The van der Waals surface area contributed by atoms with E-state index in [-0.39, 0.29) is 0 Å². The van der Waals surface area contributed by atoms with Crippen molar-refractivity contribution in [1.82, 2.24) is 19.7 Å². The van der Waals surface area contributed by atoms with Crippen LogP contribution >= 0.6 is 11.3 Å². The number of rotatable bonds is 3. The van der Waals surface area contributed by atoms with Crippen LogP contribution in [0.4, 0.5) is 5.82 Å². The number of hydrogen-bond acceptors (Lipinski definition) is 6. The molecule has 0 saturated heterocycles. The highest BCUT2D eigenvalue weighted by Crippen LogP contribution is 2.26. The molecule has 0 amide bonds. The summed E-state index contributed by atoms with van der Waals surface area (Å²) in [5.41, 5.74) is 8.28. The summed E-state index contributed by atoms with van der Waals surface area (Å²) in [7, 11) is 1.64. The molecule has 0 spiro atoms. The number of fused-ring (bicyclic) bond motifs is 1. The zero-order valence-corrected chi connectivity index (χ0v) is 13.1. The summed E-state index contributed by atoms with van der Waals surface area (Å²) in [6, 6.07) is 11.5. The Bertz CT molecular complexity index is 960. The van der Waals surface area contributed by atoms with Gasteiger partial charge in [-0.1, -0.05) is 6.07 Å². The number of thiophene rings is 1. The number of hydrogen-bond donors (Lipinski definition) is 1. The van der Waals surface area contributed by atoms with Gasteiger partial charge in [0.2, 0.25) is 0 Å². The molecule has 4 aromatic rings. The van der Waals surface area contributed by atoms with Crippen molar-refractivity contribution in [2.45, 2.75) is 0 Å². The van der Waals surface area contributed by atoms with E-state index < -0.39 is 0 Å².